The monoisotopic (exact) mass is 255 g/mol. The van der Waals surface area contributed by atoms with Crippen LogP contribution in [0.15, 0.2) is 0 Å². The van der Waals surface area contributed by atoms with E-state index in [4.69, 9.17) is 0 Å². The van der Waals surface area contributed by atoms with Crippen molar-refractivity contribution in [3.8, 4) is 0 Å². The van der Waals surface area contributed by atoms with Crippen molar-refractivity contribution in [1.29, 1.82) is 0 Å². The molecule has 0 radical (unpaired) electrons. The molecule has 0 aliphatic carbocycles. The molecule has 1 aromatic heterocycles. The van der Waals surface area contributed by atoms with Gasteiger partial charge in [0, 0.05) is 12.3 Å². The minimum Gasteiger partial charge on any atom is -0.300 e. The van der Waals surface area contributed by atoms with E-state index in [1.54, 1.807) is 0 Å². The van der Waals surface area contributed by atoms with Gasteiger partial charge in [-0.2, -0.15) is 0 Å². The molecular formula is C12H21N3OS. The van der Waals surface area contributed by atoms with E-state index in [9.17, 15) is 4.79 Å². The molecule has 1 aromatic rings. The van der Waals surface area contributed by atoms with E-state index in [2.05, 4.69) is 22.4 Å². The molecule has 1 N–H and O–H groups in total. The molecule has 17 heavy (non-hydrogen) atoms. The number of carbonyl (C=O) groups is 1. The van der Waals surface area contributed by atoms with Gasteiger partial charge in [0.25, 0.3) is 0 Å². The number of hydrogen-bond donors (Lipinski definition) is 1. The molecular weight excluding hydrogens is 234 g/mol. The molecule has 0 saturated carbocycles. The molecule has 1 rings (SSSR count). The van der Waals surface area contributed by atoms with E-state index in [0.717, 1.165) is 17.8 Å². The van der Waals surface area contributed by atoms with Gasteiger partial charge in [0.1, 0.15) is 5.01 Å². The fraction of sp³-hybridized carbons (Fsp3) is 0.750. The lowest BCUT2D eigenvalue weighted by Gasteiger charge is -2.02. The van der Waals surface area contributed by atoms with Crippen molar-refractivity contribution in [2.45, 2.75) is 52.9 Å². The molecule has 0 aliphatic rings. The van der Waals surface area contributed by atoms with Gasteiger partial charge in [-0.25, -0.2) is 0 Å². The Labute approximate surface area is 107 Å². The van der Waals surface area contributed by atoms with Crippen LogP contribution in [0.1, 0.15) is 51.5 Å². The lowest BCUT2D eigenvalue weighted by Crippen LogP contribution is -2.17. The van der Waals surface area contributed by atoms with Crippen LogP contribution < -0.4 is 5.32 Å². The van der Waals surface area contributed by atoms with Gasteiger partial charge < -0.3 is 5.32 Å². The summed E-state index contributed by atoms with van der Waals surface area (Å²) in [5.41, 5.74) is 0. The average Bonchev–Trinajstić information content (AvgIpc) is 2.72. The maximum atomic E-state index is 11.4. The second-order valence-corrected chi connectivity index (χ2v) is 5.52. The normalized spacial score (nSPS) is 10.8. The fourth-order valence-electron chi connectivity index (χ4n) is 1.36. The Morgan fingerprint density at radius 1 is 1.29 bits per heavy atom. The quantitative estimate of drug-likeness (QED) is 0.761. The maximum Gasteiger partial charge on any atom is 0.228 e. The predicted molar refractivity (Wildman–Crippen MR) is 71.2 cm³/mol. The van der Waals surface area contributed by atoms with Crippen molar-refractivity contribution in [3.63, 3.8) is 0 Å². The molecule has 0 saturated heterocycles. The summed E-state index contributed by atoms with van der Waals surface area (Å²) < 4.78 is 0. The van der Waals surface area contributed by atoms with Crippen molar-refractivity contribution < 1.29 is 4.79 Å². The van der Waals surface area contributed by atoms with Crippen molar-refractivity contribution in [1.82, 2.24) is 10.2 Å². The van der Waals surface area contributed by atoms with Crippen molar-refractivity contribution in [3.05, 3.63) is 5.01 Å². The molecule has 1 amide bonds. The standard InChI is InChI=1S/C12H21N3OS/c1-4-5-6-7-8-10-14-15-12(17-10)13-11(16)9(2)3/h9H,4-8H2,1-3H3,(H,13,15,16). The number of aromatic nitrogens is 2. The predicted octanol–water partition coefficient (Wildman–Crippen LogP) is 3.26. The molecule has 0 unspecified atom stereocenters. The number of carbonyl (C=O) groups excluding carboxylic acids is 1. The van der Waals surface area contributed by atoms with E-state index >= 15 is 0 Å². The number of unbranched alkanes of at least 4 members (excludes halogenated alkanes) is 3. The number of amides is 1. The number of hydrogen-bond acceptors (Lipinski definition) is 4. The molecule has 0 bridgehead atoms. The van der Waals surface area contributed by atoms with E-state index < -0.39 is 0 Å². The summed E-state index contributed by atoms with van der Waals surface area (Å²) in [6.07, 6.45) is 5.88. The van der Waals surface area contributed by atoms with Gasteiger partial charge in [-0.15, -0.1) is 10.2 Å². The van der Waals surface area contributed by atoms with Crippen LogP contribution in [0.25, 0.3) is 0 Å². The largest absolute Gasteiger partial charge is 0.300 e. The first-order valence-corrected chi connectivity index (χ1v) is 7.08. The van der Waals surface area contributed by atoms with Gasteiger partial charge in [0.2, 0.25) is 11.0 Å². The van der Waals surface area contributed by atoms with E-state index in [1.165, 1.54) is 30.6 Å². The van der Waals surface area contributed by atoms with Crippen LogP contribution in [0.5, 0.6) is 0 Å². The van der Waals surface area contributed by atoms with Crippen LogP contribution in [0, 0.1) is 5.92 Å². The Kier molecular flexibility index (Phi) is 6.11. The number of nitrogens with one attached hydrogen (secondary N) is 1. The molecule has 0 atom stereocenters. The number of nitrogens with zero attached hydrogens (tertiary/aromatic N) is 2. The summed E-state index contributed by atoms with van der Waals surface area (Å²) in [5, 5.41) is 12.5. The number of anilines is 1. The molecule has 0 aromatic carbocycles. The van der Waals surface area contributed by atoms with Gasteiger partial charge in [-0.1, -0.05) is 51.4 Å². The van der Waals surface area contributed by atoms with E-state index in [1.807, 2.05) is 13.8 Å². The smallest absolute Gasteiger partial charge is 0.228 e. The number of aryl methyl sites for hydroxylation is 1. The third-order valence-electron chi connectivity index (χ3n) is 2.47. The highest BCUT2D eigenvalue weighted by molar-refractivity contribution is 7.15. The first-order chi connectivity index (χ1) is 8.13. The van der Waals surface area contributed by atoms with Crippen molar-refractivity contribution in [2.75, 3.05) is 5.32 Å². The van der Waals surface area contributed by atoms with Gasteiger partial charge in [-0.3, -0.25) is 4.79 Å². The fourth-order valence-corrected chi connectivity index (χ4v) is 2.14. The Balaban J connectivity index is 2.35. The first-order valence-electron chi connectivity index (χ1n) is 6.26. The van der Waals surface area contributed by atoms with Crippen molar-refractivity contribution in [2.24, 2.45) is 5.92 Å². The Morgan fingerprint density at radius 3 is 2.71 bits per heavy atom. The molecule has 1 heterocycles. The second kappa shape index (κ2) is 7.37. The highest BCUT2D eigenvalue weighted by atomic mass is 32.1. The maximum absolute atomic E-state index is 11.4. The second-order valence-electron chi connectivity index (χ2n) is 4.46. The first kappa shape index (κ1) is 14.1. The van der Waals surface area contributed by atoms with Crippen LogP contribution in [0.4, 0.5) is 5.13 Å². The van der Waals surface area contributed by atoms with Crippen LogP contribution in [-0.4, -0.2) is 16.1 Å². The van der Waals surface area contributed by atoms with Gasteiger partial charge in [0.15, 0.2) is 0 Å². The zero-order chi connectivity index (χ0) is 12.7. The Bertz CT molecular complexity index is 349. The highest BCUT2D eigenvalue weighted by Gasteiger charge is 2.10. The Morgan fingerprint density at radius 2 is 2.06 bits per heavy atom. The van der Waals surface area contributed by atoms with E-state index in [-0.39, 0.29) is 11.8 Å². The lowest BCUT2D eigenvalue weighted by molar-refractivity contribution is -0.118. The van der Waals surface area contributed by atoms with E-state index in [0.29, 0.717) is 5.13 Å². The van der Waals surface area contributed by atoms with Crippen LogP contribution in [0.2, 0.25) is 0 Å². The number of rotatable bonds is 7. The minimum absolute atomic E-state index is 0.00122. The molecule has 0 fully saturated rings. The molecule has 96 valence electrons. The molecule has 5 heteroatoms. The summed E-state index contributed by atoms with van der Waals surface area (Å²) in [6, 6.07) is 0. The third kappa shape index (κ3) is 5.26. The summed E-state index contributed by atoms with van der Waals surface area (Å²) in [4.78, 5) is 11.4. The highest BCUT2D eigenvalue weighted by Crippen LogP contribution is 2.18. The van der Waals surface area contributed by atoms with Gasteiger partial charge in [0.05, 0.1) is 0 Å². The molecule has 0 aliphatic heterocycles. The topological polar surface area (TPSA) is 54.9 Å². The van der Waals surface area contributed by atoms with Crippen LogP contribution in [-0.2, 0) is 11.2 Å². The Hall–Kier alpha value is -0.970. The average molecular weight is 255 g/mol. The molecule has 4 nitrogen and oxygen atoms in total. The SMILES string of the molecule is CCCCCCc1nnc(NC(=O)C(C)C)s1. The van der Waals surface area contributed by atoms with Crippen LogP contribution >= 0.6 is 11.3 Å². The van der Waals surface area contributed by atoms with Gasteiger partial charge >= 0.3 is 0 Å². The zero-order valence-electron chi connectivity index (χ0n) is 10.8. The summed E-state index contributed by atoms with van der Waals surface area (Å²) in [6.45, 7) is 5.93. The van der Waals surface area contributed by atoms with Crippen LogP contribution in [0.3, 0.4) is 0 Å². The zero-order valence-corrected chi connectivity index (χ0v) is 11.6. The minimum atomic E-state index is -0.0214. The summed E-state index contributed by atoms with van der Waals surface area (Å²) in [5.74, 6) is -0.0226. The third-order valence-corrected chi connectivity index (χ3v) is 3.36. The summed E-state index contributed by atoms with van der Waals surface area (Å²) in [7, 11) is 0. The molecule has 0 spiro atoms. The van der Waals surface area contributed by atoms with Gasteiger partial charge in [-0.05, 0) is 6.42 Å². The summed E-state index contributed by atoms with van der Waals surface area (Å²) >= 11 is 1.48. The van der Waals surface area contributed by atoms with Crippen molar-refractivity contribution >= 4 is 22.4 Å². The lowest BCUT2D eigenvalue weighted by atomic mass is 10.2.